The second-order valence-electron chi connectivity index (χ2n) is 7.37. The monoisotopic (exact) mass is 327 g/mol. The van der Waals surface area contributed by atoms with Crippen LogP contribution in [0, 0.1) is 5.92 Å². The van der Waals surface area contributed by atoms with Crippen LogP contribution in [0.15, 0.2) is 15.4 Å². The van der Waals surface area contributed by atoms with Crippen LogP contribution in [0.25, 0.3) is 0 Å². The van der Waals surface area contributed by atoms with Crippen molar-refractivity contribution in [1.82, 2.24) is 24.8 Å². The predicted octanol–water partition coefficient (Wildman–Crippen LogP) is 1.12. The van der Waals surface area contributed by atoms with Gasteiger partial charge in [0.15, 0.2) is 5.82 Å². The summed E-state index contributed by atoms with van der Waals surface area (Å²) in [5.41, 5.74) is 2.31. The highest BCUT2D eigenvalue weighted by molar-refractivity contribution is 5.22. The number of hydrogen-bond acceptors (Lipinski definition) is 6. The van der Waals surface area contributed by atoms with Gasteiger partial charge in [0.2, 0.25) is 5.89 Å². The Morgan fingerprint density at radius 1 is 1.25 bits per heavy atom. The van der Waals surface area contributed by atoms with E-state index in [1.807, 2.05) is 0 Å². The molecule has 0 unspecified atom stereocenters. The van der Waals surface area contributed by atoms with Crippen molar-refractivity contribution in [3.8, 4) is 0 Å². The first-order valence-electron chi connectivity index (χ1n) is 8.89. The minimum atomic E-state index is 0.0429. The van der Waals surface area contributed by atoms with Crippen molar-refractivity contribution in [1.29, 1.82) is 0 Å². The summed E-state index contributed by atoms with van der Waals surface area (Å²) in [5.74, 6) is 2.57. The van der Waals surface area contributed by atoms with Gasteiger partial charge in [0.25, 0.3) is 5.56 Å². The third-order valence-corrected chi connectivity index (χ3v) is 5.26. The van der Waals surface area contributed by atoms with Crippen molar-refractivity contribution >= 4 is 0 Å². The average Bonchev–Trinajstić information content (AvgIpc) is 3.11. The van der Waals surface area contributed by atoms with Gasteiger partial charge < -0.3 is 4.52 Å². The van der Waals surface area contributed by atoms with Crippen LogP contribution in [0.4, 0.5) is 0 Å². The van der Waals surface area contributed by atoms with Crippen molar-refractivity contribution in [2.24, 2.45) is 5.92 Å². The smallest absolute Gasteiger partial charge is 0.267 e. The van der Waals surface area contributed by atoms with Crippen molar-refractivity contribution in [2.75, 3.05) is 13.1 Å². The van der Waals surface area contributed by atoms with E-state index in [0.717, 1.165) is 61.9 Å². The Labute approximate surface area is 139 Å². The third-order valence-electron chi connectivity index (χ3n) is 5.26. The van der Waals surface area contributed by atoms with Crippen molar-refractivity contribution in [3.05, 3.63) is 39.4 Å². The van der Waals surface area contributed by atoms with Crippen LogP contribution in [0.1, 0.15) is 48.2 Å². The first-order valence-corrected chi connectivity index (χ1v) is 8.89. The molecule has 0 bridgehead atoms. The van der Waals surface area contributed by atoms with Crippen LogP contribution in [0.2, 0.25) is 0 Å². The van der Waals surface area contributed by atoms with E-state index in [9.17, 15) is 4.79 Å². The molecule has 0 aromatic carbocycles. The second kappa shape index (κ2) is 5.51. The molecule has 2 aromatic heterocycles. The van der Waals surface area contributed by atoms with E-state index >= 15 is 0 Å². The van der Waals surface area contributed by atoms with E-state index in [1.165, 1.54) is 12.8 Å². The molecule has 24 heavy (non-hydrogen) atoms. The topological polar surface area (TPSA) is 77.0 Å². The largest absolute Gasteiger partial charge is 0.339 e. The molecule has 7 heteroatoms. The van der Waals surface area contributed by atoms with Gasteiger partial charge in [-0.25, -0.2) is 4.68 Å². The van der Waals surface area contributed by atoms with Gasteiger partial charge in [-0.1, -0.05) is 5.16 Å². The quantitative estimate of drug-likeness (QED) is 0.819. The molecule has 1 aliphatic heterocycles. The zero-order valence-corrected chi connectivity index (χ0v) is 13.6. The van der Waals surface area contributed by atoms with Crippen molar-refractivity contribution < 1.29 is 4.52 Å². The zero-order valence-electron chi connectivity index (χ0n) is 13.6. The van der Waals surface area contributed by atoms with Gasteiger partial charge in [0.1, 0.15) is 0 Å². The van der Waals surface area contributed by atoms with Crippen LogP contribution < -0.4 is 5.56 Å². The van der Waals surface area contributed by atoms with Gasteiger partial charge in [0.05, 0.1) is 18.8 Å². The van der Waals surface area contributed by atoms with E-state index in [-0.39, 0.29) is 5.56 Å². The first kappa shape index (κ1) is 14.3. The van der Waals surface area contributed by atoms with Gasteiger partial charge in [0, 0.05) is 31.0 Å². The molecule has 2 aromatic rings. The molecule has 1 saturated carbocycles. The molecule has 2 fully saturated rings. The summed E-state index contributed by atoms with van der Waals surface area (Å²) < 4.78 is 6.95. The third kappa shape index (κ3) is 2.66. The normalized spacial score (nSPS) is 21.0. The second-order valence-corrected chi connectivity index (χ2v) is 7.37. The Bertz CT molecular complexity index is 817. The maximum Gasteiger partial charge on any atom is 0.267 e. The minimum absolute atomic E-state index is 0.0429. The first-order chi connectivity index (χ1) is 11.7. The number of nitrogens with zero attached hydrogens (tertiary/aromatic N) is 5. The Morgan fingerprint density at radius 2 is 2.12 bits per heavy atom. The number of aromatic nitrogens is 4. The molecule has 0 radical (unpaired) electrons. The molecule has 1 saturated heterocycles. The molecule has 7 nitrogen and oxygen atoms in total. The number of rotatable bonds is 5. The van der Waals surface area contributed by atoms with Crippen LogP contribution in [-0.2, 0) is 25.9 Å². The molecule has 0 atom stereocenters. The lowest BCUT2D eigenvalue weighted by Crippen LogP contribution is -2.49. The molecule has 126 valence electrons. The van der Waals surface area contributed by atoms with E-state index < -0.39 is 0 Å². The average molecular weight is 327 g/mol. The van der Waals surface area contributed by atoms with Crippen LogP contribution in [0.5, 0.6) is 0 Å². The molecule has 3 aliphatic rings. The molecule has 0 N–H and O–H groups in total. The van der Waals surface area contributed by atoms with Crippen LogP contribution in [0.3, 0.4) is 0 Å². The standard InChI is InChI=1S/C17H21N5O2/c23-16-6-13-2-1-3-14(13)19-22(16)9-11-7-21(8-11)10-15-18-17(24-20-15)12-4-5-12/h6,11-12H,1-5,7-10H2. The van der Waals surface area contributed by atoms with E-state index in [2.05, 4.69) is 20.1 Å². The number of hydrogen-bond donors (Lipinski definition) is 0. The Hall–Kier alpha value is -2.02. The highest BCUT2D eigenvalue weighted by Crippen LogP contribution is 2.38. The van der Waals surface area contributed by atoms with Gasteiger partial charge >= 0.3 is 0 Å². The van der Waals surface area contributed by atoms with E-state index in [4.69, 9.17) is 4.52 Å². The lowest BCUT2D eigenvalue weighted by atomic mass is 10.0. The summed E-state index contributed by atoms with van der Waals surface area (Å²) >= 11 is 0. The van der Waals surface area contributed by atoms with Crippen LogP contribution >= 0.6 is 0 Å². The molecular weight excluding hydrogens is 306 g/mol. The van der Waals surface area contributed by atoms with E-state index in [1.54, 1.807) is 10.7 Å². The SMILES string of the molecule is O=c1cc2c(nn1CC1CN(Cc3noc(C4CC4)n3)C1)CCC2. The van der Waals surface area contributed by atoms with Gasteiger partial charge in [-0.2, -0.15) is 10.1 Å². The number of aryl methyl sites for hydroxylation is 2. The Balaban J connectivity index is 1.17. The number of fused-ring (bicyclic) bond motifs is 1. The maximum absolute atomic E-state index is 12.2. The minimum Gasteiger partial charge on any atom is -0.339 e. The maximum atomic E-state index is 12.2. The lowest BCUT2D eigenvalue weighted by molar-refractivity contribution is 0.0731. The van der Waals surface area contributed by atoms with Crippen LogP contribution in [-0.4, -0.2) is 37.9 Å². The summed E-state index contributed by atoms with van der Waals surface area (Å²) in [5, 5.41) is 8.63. The van der Waals surface area contributed by atoms with Crippen molar-refractivity contribution in [3.63, 3.8) is 0 Å². The summed E-state index contributed by atoms with van der Waals surface area (Å²) in [6, 6.07) is 1.78. The zero-order chi connectivity index (χ0) is 16.1. The lowest BCUT2D eigenvalue weighted by Gasteiger charge is -2.38. The molecule has 2 aliphatic carbocycles. The summed E-state index contributed by atoms with van der Waals surface area (Å²) in [7, 11) is 0. The highest BCUT2D eigenvalue weighted by Gasteiger charge is 2.32. The molecule has 0 spiro atoms. The van der Waals surface area contributed by atoms with Gasteiger partial charge in [-0.3, -0.25) is 9.69 Å². The summed E-state index contributed by atoms with van der Waals surface area (Å²) in [6.45, 7) is 3.36. The fraction of sp³-hybridized carbons (Fsp3) is 0.647. The Kier molecular flexibility index (Phi) is 3.29. The van der Waals surface area contributed by atoms with Gasteiger partial charge in [-0.05, 0) is 37.7 Å². The van der Waals surface area contributed by atoms with E-state index in [0.29, 0.717) is 18.4 Å². The highest BCUT2D eigenvalue weighted by atomic mass is 16.5. The molecule has 3 heterocycles. The van der Waals surface area contributed by atoms with Crippen molar-refractivity contribution in [2.45, 2.75) is 51.1 Å². The molecular formula is C17H21N5O2. The summed E-state index contributed by atoms with van der Waals surface area (Å²) in [4.78, 5) is 18.9. The van der Waals surface area contributed by atoms with Gasteiger partial charge in [-0.15, -0.1) is 0 Å². The predicted molar refractivity (Wildman–Crippen MR) is 85.6 cm³/mol. The fourth-order valence-electron chi connectivity index (χ4n) is 3.76. The molecule has 5 rings (SSSR count). The molecule has 0 amide bonds. The number of likely N-dealkylation sites (tertiary alicyclic amines) is 1. The Morgan fingerprint density at radius 3 is 2.96 bits per heavy atom. The fourth-order valence-corrected chi connectivity index (χ4v) is 3.76. The summed E-state index contributed by atoms with van der Waals surface area (Å²) in [6.07, 6.45) is 5.49.